The first-order valence-electron chi connectivity index (χ1n) is 3.02. The van der Waals surface area contributed by atoms with E-state index in [9.17, 15) is 14.7 Å². The zero-order valence-electron chi connectivity index (χ0n) is 6.54. The van der Waals surface area contributed by atoms with Crippen LogP contribution in [0.5, 0.6) is 0 Å². The van der Waals surface area contributed by atoms with E-state index in [-0.39, 0.29) is 0 Å². The molecular weight excluding hydrogens is 232 g/mol. The van der Waals surface area contributed by atoms with E-state index >= 15 is 0 Å². The summed E-state index contributed by atoms with van der Waals surface area (Å²) in [5.74, 6) is -3.03. The number of carbonyl (C=O) groups is 2. The van der Waals surface area contributed by atoms with Crippen LogP contribution in [0.1, 0.15) is 13.8 Å². The summed E-state index contributed by atoms with van der Waals surface area (Å²) in [6.07, 6.45) is 0. The number of rotatable bonds is 3. The molecule has 0 aromatic carbocycles. The molecular formula is C6H9BrO5. The standard InChI is InChI=1S/C6H9BrO5/c1-5(7,3(8)9)6(2,12)4(10)11/h12H,1-2H3,(H,8,9)(H,10,11)/t5-,6+/m1/s1. The predicted molar refractivity (Wildman–Crippen MR) is 43.2 cm³/mol. The third-order valence-corrected chi connectivity index (χ3v) is 2.84. The molecule has 0 amide bonds. The summed E-state index contributed by atoms with van der Waals surface area (Å²) in [6.45, 7) is 1.99. The molecule has 12 heavy (non-hydrogen) atoms. The second-order valence-corrected chi connectivity index (χ2v) is 4.27. The van der Waals surface area contributed by atoms with Crippen LogP contribution in [-0.4, -0.2) is 37.2 Å². The maximum absolute atomic E-state index is 10.5. The Kier molecular flexibility index (Phi) is 2.87. The summed E-state index contributed by atoms with van der Waals surface area (Å²) < 4.78 is -1.90. The first kappa shape index (κ1) is 11.4. The topological polar surface area (TPSA) is 94.8 Å². The molecule has 0 heterocycles. The van der Waals surface area contributed by atoms with E-state index in [1.165, 1.54) is 0 Å². The lowest BCUT2D eigenvalue weighted by Gasteiger charge is -2.30. The van der Waals surface area contributed by atoms with Gasteiger partial charge in [0.2, 0.25) is 0 Å². The van der Waals surface area contributed by atoms with Gasteiger partial charge in [-0.15, -0.1) is 0 Å². The number of hydrogen-bond donors (Lipinski definition) is 3. The number of hydrogen-bond acceptors (Lipinski definition) is 3. The number of aliphatic hydroxyl groups is 1. The van der Waals surface area contributed by atoms with Crippen molar-refractivity contribution in [3.63, 3.8) is 0 Å². The number of carboxylic acid groups (broad SMARTS) is 2. The highest BCUT2D eigenvalue weighted by atomic mass is 79.9. The molecule has 0 aromatic rings. The van der Waals surface area contributed by atoms with Gasteiger partial charge in [0.15, 0.2) is 9.93 Å². The highest BCUT2D eigenvalue weighted by Gasteiger charge is 2.53. The van der Waals surface area contributed by atoms with E-state index in [4.69, 9.17) is 10.2 Å². The van der Waals surface area contributed by atoms with Gasteiger partial charge in [0.25, 0.3) is 0 Å². The summed E-state index contributed by atoms with van der Waals surface area (Å²) in [6, 6.07) is 0. The summed E-state index contributed by atoms with van der Waals surface area (Å²) >= 11 is 2.64. The van der Waals surface area contributed by atoms with Crippen LogP contribution in [0.3, 0.4) is 0 Å². The Morgan fingerprint density at radius 3 is 1.58 bits per heavy atom. The Hall–Kier alpha value is -0.620. The zero-order chi connectivity index (χ0) is 10.2. The largest absolute Gasteiger partial charge is 0.480 e. The Bertz CT molecular complexity index is 196. The van der Waals surface area contributed by atoms with Crippen LogP contribution >= 0.6 is 15.9 Å². The quantitative estimate of drug-likeness (QED) is 0.607. The van der Waals surface area contributed by atoms with E-state index in [0.29, 0.717) is 0 Å². The molecule has 0 radical (unpaired) electrons. The van der Waals surface area contributed by atoms with Crippen molar-refractivity contribution in [3.8, 4) is 0 Å². The third-order valence-electron chi connectivity index (χ3n) is 1.73. The summed E-state index contributed by atoms with van der Waals surface area (Å²) in [5, 5.41) is 26.3. The van der Waals surface area contributed by atoms with Gasteiger partial charge in [-0.1, -0.05) is 15.9 Å². The van der Waals surface area contributed by atoms with E-state index in [0.717, 1.165) is 13.8 Å². The highest BCUT2D eigenvalue weighted by Crippen LogP contribution is 2.31. The minimum Gasteiger partial charge on any atom is -0.480 e. The number of alkyl halides is 1. The van der Waals surface area contributed by atoms with Crippen LogP contribution in [0, 0.1) is 0 Å². The average Bonchev–Trinajstić information content (AvgIpc) is 1.86. The molecule has 3 N–H and O–H groups in total. The molecule has 0 aliphatic rings. The molecule has 0 aliphatic carbocycles. The first-order chi connectivity index (χ1) is 5.14. The summed E-state index contributed by atoms with van der Waals surface area (Å²) in [5.41, 5.74) is -2.35. The fraction of sp³-hybridized carbons (Fsp3) is 0.667. The van der Waals surface area contributed by atoms with Crippen molar-refractivity contribution in [3.05, 3.63) is 0 Å². The van der Waals surface area contributed by atoms with Crippen molar-refractivity contribution in [2.45, 2.75) is 23.8 Å². The van der Waals surface area contributed by atoms with E-state index in [1.54, 1.807) is 0 Å². The number of halogens is 1. The summed E-state index contributed by atoms with van der Waals surface area (Å²) in [4.78, 5) is 20.9. The normalized spacial score (nSPS) is 20.7. The minimum absolute atomic E-state index is 0.915. The van der Waals surface area contributed by atoms with Crippen LogP contribution in [0.2, 0.25) is 0 Å². The maximum atomic E-state index is 10.5. The lowest BCUT2D eigenvalue weighted by atomic mass is 9.91. The number of carboxylic acids is 2. The van der Waals surface area contributed by atoms with Gasteiger partial charge in [-0.2, -0.15) is 0 Å². The van der Waals surface area contributed by atoms with Crippen molar-refractivity contribution >= 4 is 27.9 Å². The molecule has 0 saturated heterocycles. The Labute approximate surface area is 77.1 Å². The van der Waals surface area contributed by atoms with Crippen molar-refractivity contribution in [1.29, 1.82) is 0 Å². The lowest BCUT2D eigenvalue weighted by molar-refractivity contribution is -0.166. The minimum atomic E-state index is -2.35. The van der Waals surface area contributed by atoms with E-state index < -0.39 is 21.9 Å². The van der Waals surface area contributed by atoms with Crippen molar-refractivity contribution in [2.75, 3.05) is 0 Å². The SMILES string of the molecule is C[C@](O)(C(=O)O)[C@](C)(Br)C(=O)O. The van der Waals surface area contributed by atoms with Crippen LogP contribution in [0.4, 0.5) is 0 Å². The maximum Gasteiger partial charge on any atom is 0.337 e. The van der Waals surface area contributed by atoms with Crippen LogP contribution in [0.15, 0.2) is 0 Å². The summed E-state index contributed by atoms with van der Waals surface area (Å²) in [7, 11) is 0. The Morgan fingerprint density at radius 1 is 1.17 bits per heavy atom. The molecule has 70 valence electrons. The molecule has 0 spiro atoms. The van der Waals surface area contributed by atoms with Crippen molar-refractivity contribution in [1.82, 2.24) is 0 Å². The van der Waals surface area contributed by atoms with Crippen molar-refractivity contribution < 1.29 is 24.9 Å². The average molecular weight is 241 g/mol. The fourth-order valence-electron chi connectivity index (χ4n) is 0.409. The third kappa shape index (κ3) is 1.59. The Balaban J connectivity index is 5.01. The first-order valence-corrected chi connectivity index (χ1v) is 3.81. The molecule has 2 atom stereocenters. The molecule has 0 fully saturated rings. The van der Waals surface area contributed by atoms with Crippen LogP contribution in [-0.2, 0) is 9.59 Å². The van der Waals surface area contributed by atoms with E-state index in [2.05, 4.69) is 15.9 Å². The van der Waals surface area contributed by atoms with Gasteiger partial charge in [-0.25, -0.2) is 4.79 Å². The highest BCUT2D eigenvalue weighted by molar-refractivity contribution is 9.10. The molecule has 0 unspecified atom stereocenters. The molecule has 0 rings (SSSR count). The smallest absolute Gasteiger partial charge is 0.337 e. The predicted octanol–water partition coefficient (Wildman–Crippen LogP) is 0.0602. The molecule has 0 aliphatic heterocycles. The van der Waals surface area contributed by atoms with Gasteiger partial charge in [-0.3, -0.25) is 4.79 Å². The monoisotopic (exact) mass is 240 g/mol. The molecule has 5 nitrogen and oxygen atoms in total. The van der Waals surface area contributed by atoms with Gasteiger partial charge < -0.3 is 15.3 Å². The molecule has 6 heteroatoms. The molecule has 0 aromatic heterocycles. The number of aliphatic carboxylic acids is 2. The molecule has 0 saturated carbocycles. The molecule has 0 bridgehead atoms. The van der Waals surface area contributed by atoms with Gasteiger partial charge in [-0.05, 0) is 13.8 Å². The zero-order valence-corrected chi connectivity index (χ0v) is 8.12. The van der Waals surface area contributed by atoms with Gasteiger partial charge in [0.1, 0.15) is 0 Å². The van der Waals surface area contributed by atoms with Crippen LogP contribution in [0.25, 0.3) is 0 Å². The van der Waals surface area contributed by atoms with Crippen LogP contribution < -0.4 is 0 Å². The Morgan fingerprint density at radius 2 is 1.50 bits per heavy atom. The second-order valence-electron chi connectivity index (χ2n) is 2.69. The van der Waals surface area contributed by atoms with Gasteiger partial charge in [0, 0.05) is 0 Å². The van der Waals surface area contributed by atoms with Gasteiger partial charge in [0.05, 0.1) is 0 Å². The lowest BCUT2D eigenvalue weighted by Crippen LogP contribution is -2.56. The van der Waals surface area contributed by atoms with Gasteiger partial charge >= 0.3 is 11.9 Å². The van der Waals surface area contributed by atoms with Crippen molar-refractivity contribution in [2.24, 2.45) is 0 Å². The fourth-order valence-corrected chi connectivity index (χ4v) is 0.579. The second kappa shape index (κ2) is 3.02. The van der Waals surface area contributed by atoms with E-state index in [1.807, 2.05) is 0 Å².